The Balaban J connectivity index is 2.14. The molecule has 2 aromatic rings. The topological polar surface area (TPSA) is 43.4 Å². The van der Waals surface area contributed by atoms with Crippen molar-refractivity contribution in [3.63, 3.8) is 0 Å². The largest absolute Gasteiger partial charge is 0.465 e. The summed E-state index contributed by atoms with van der Waals surface area (Å²) in [5, 5.41) is 0. The van der Waals surface area contributed by atoms with Crippen LogP contribution in [0.1, 0.15) is 26.3 Å². The molecule has 0 unspecified atom stereocenters. The second-order valence-corrected chi connectivity index (χ2v) is 4.44. The Morgan fingerprint density at radius 2 is 1.73 bits per heavy atom. The molecule has 5 heteroatoms. The van der Waals surface area contributed by atoms with Crippen molar-refractivity contribution >= 4 is 17.8 Å². The highest BCUT2D eigenvalue weighted by Crippen LogP contribution is 2.12. The van der Waals surface area contributed by atoms with Crippen molar-refractivity contribution < 1.29 is 23.1 Å². The van der Waals surface area contributed by atoms with E-state index < -0.39 is 23.4 Å². The molecule has 0 amide bonds. The zero-order valence-corrected chi connectivity index (χ0v) is 11.7. The Morgan fingerprint density at radius 1 is 1.05 bits per heavy atom. The van der Waals surface area contributed by atoms with Crippen LogP contribution in [0.2, 0.25) is 0 Å². The Hall–Kier alpha value is -2.82. The van der Waals surface area contributed by atoms with Gasteiger partial charge in [0.2, 0.25) is 0 Å². The molecular weight excluding hydrogens is 290 g/mol. The van der Waals surface area contributed by atoms with Crippen molar-refractivity contribution in [3.05, 3.63) is 76.9 Å². The maximum absolute atomic E-state index is 13.5. The SMILES string of the molecule is COC(=O)c1ccc(C=CC(=O)c2ccc(F)cc2F)cc1. The third-order valence-corrected chi connectivity index (χ3v) is 2.96. The molecule has 0 radical (unpaired) electrons. The van der Waals surface area contributed by atoms with Gasteiger partial charge in [0, 0.05) is 6.07 Å². The Labute approximate surface area is 125 Å². The fraction of sp³-hybridized carbons (Fsp3) is 0.0588. The molecule has 0 fully saturated rings. The maximum atomic E-state index is 13.5. The molecule has 0 aromatic heterocycles. The molecule has 2 aromatic carbocycles. The van der Waals surface area contributed by atoms with Crippen molar-refractivity contribution in [2.24, 2.45) is 0 Å². The first-order chi connectivity index (χ1) is 10.5. The second kappa shape index (κ2) is 6.76. The number of carbonyl (C=O) groups is 2. The molecule has 0 aliphatic rings. The first kappa shape index (κ1) is 15.6. The monoisotopic (exact) mass is 302 g/mol. The second-order valence-electron chi connectivity index (χ2n) is 4.44. The van der Waals surface area contributed by atoms with Crippen molar-refractivity contribution in [3.8, 4) is 0 Å². The smallest absolute Gasteiger partial charge is 0.337 e. The van der Waals surface area contributed by atoms with Gasteiger partial charge in [-0.05, 0) is 35.9 Å². The van der Waals surface area contributed by atoms with Crippen LogP contribution in [0, 0.1) is 11.6 Å². The summed E-state index contributed by atoms with van der Waals surface area (Å²) in [6.07, 6.45) is 2.66. The van der Waals surface area contributed by atoms with Gasteiger partial charge in [0.1, 0.15) is 11.6 Å². The third-order valence-electron chi connectivity index (χ3n) is 2.96. The van der Waals surface area contributed by atoms with Crippen LogP contribution in [0.4, 0.5) is 8.78 Å². The average Bonchev–Trinajstić information content (AvgIpc) is 2.52. The normalized spacial score (nSPS) is 10.7. The number of allylic oxidation sites excluding steroid dienone is 1. The van der Waals surface area contributed by atoms with E-state index in [1.54, 1.807) is 24.3 Å². The lowest BCUT2D eigenvalue weighted by molar-refractivity contribution is 0.0600. The van der Waals surface area contributed by atoms with E-state index >= 15 is 0 Å². The fourth-order valence-electron chi connectivity index (χ4n) is 1.80. The van der Waals surface area contributed by atoms with Gasteiger partial charge >= 0.3 is 5.97 Å². The summed E-state index contributed by atoms with van der Waals surface area (Å²) >= 11 is 0. The first-order valence-corrected chi connectivity index (χ1v) is 6.37. The van der Waals surface area contributed by atoms with Crippen molar-refractivity contribution in [2.45, 2.75) is 0 Å². The highest BCUT2D eigenvalue weighted by Gasteiger charge is 2.09. The number of ketones is 1. The van der Waals surface area contributed by atoms with E-state index in [0.29, 0.717) is 17.2 Å². The number of halogens is 2. The molecule has 0 atom stereocenters. The Bertz CT molecular complexity index is 734. The molecule has 112 valence electrons. The van der Waals surface area contributed by atoms with Gasteiger partial charge in [-0.25, -0.2) is 13.6 Å². The van der Waals surface area contributed by atoms with E-state index in [1.807, 2.05) is 0 Å². The molecule has 3 nitrogen and oxygen atoms in total. The van der Waals surface area contributed by atoms with Crippen LogP contribution in [-0.2, 0) is 4.74 Å². The predicted molar refractivity (Wildman–Crippen MR) is 77.5 cm³/mol. The molecule has 22 heavy (non-hydrogen) atoms. The average molecular weight is 302 g/mol. The molecule has 0 saturated carbocycles. The highest BCUT2D eigenvalue weighted by molar-refractivity contribution is 6.07. The van der Waals surface area contributed by atoms with Gasteiger partial charge in [0.05, 0.1) is 18.2 Å². The third kappa shape index (κ3) is 3.63. The van der Waals surface area contributed by atoms with Gasteiger partial charge in [-0.2, -0.15) is 0 Å². The predicted octanol–water partition coefficient (Wildman–Crippen LogP) is 3.65. The Morgan fingerprint density at radius 3 is 2.32 bits per heavy atom. The first-order valence-electron chi connectivity index (χ1n) is 6.37. The minimum Gasteiger partial charge on any atom is -0.465 e. The van der Waals surface area contributed by atoms with E-state index in [1.165, 1.54) is 19.3 Å². The van der Waals surface area contributed by atoms with Crippen LogP contribution in [-0.4, -0.2) is 18.9 Å². The van der Waals surface area contributed by atoms with Crippen molar-refractivity contribution in [1.82, 2.24) is 0 Å². The van der Waals surface area contributed by atoms with E-state index in [0.717, 1.165) is 12.1 Å². The van der Waals surface area contributed by atoms with Crippen LogP contribution in [0.15, 0.2) is 48.5 Å². The summed E-state index contributed by atoms with van der Waals surface area (Å²) < 4.78 is 30.8. The molecule has 0 bridgehead atoms. The number of esters is 1. The lowest BCUT2D eigenvalue weighted by Gasteiger charge is -2.00. The van der Waals surface area contributed by atoms with Gasteiger partial charge in [-0.1, -0.05) is 18.2 Å². The molecule has 0 spiro atoms. The van der Waals surface area contributed by atoms with Crippen LogP contribution in [0.3, 0.4) is 0 Å². The standard InChI is InChI=1S/C17H12F2O3/c1-22-17(21)12-5-2-11(3-6-12)4-9-16(20)14-8-7-13(18)10-15(14)19/h2-10H,1H3. The molecule has 0 N–H and O–H groups in total. The van der Waals surface area contributed by atoms with Gasteiger partial charge in [-0.15, -0.1) is 0 Å². The fourth-order valence-corrected chi connectivity index (χ4v) is 1.80. The number of hydrogen-bond acceptors (Lipinski definition) is 3. The van der Waals surface area contributed by atoms with E-state index in [2.05, 4.69) is 4.74 Å². The number of carbonyl (C=O) groups excluding carboxylic acids is 2. The Kier molecular flexibility index (Phi) is 4.78. The summed E-state index contributed by atoms with van der Waals surface area (Å²) in [5.41, 5.74) is 0.836. The zero-order chi connectivity index (χ0) is 16.1. The number of methoxy groups -OCH3 is 1. The number of hydrogen-bond donors (Lipinski definition) is 0. The van der Waals surface area contributed by atoms with Gasteiger partial charge in [-0.3, -0.25) is 4.79 Å². The van der Waals surface area contributed by atoms with Gasteiger partial charge in [0.25, 0.3) is 0 Å². The number of ether oxygens (including phenoxy) is 1. The molecule has 0 saturated heterocycles. The summed E-state index contributed by atoms with van der Waals surface area (Å²) in [5.74, 6) is -2.68. The molecular formula is C17H12F2O3. The van der Waals surface area contributed by atoms with Crippen LogP contribution in [0.25, 0.3) is 6.08 Å². The minimum atomic E-state index is -0.907. The molecule has 0 aliphatic carbocycles. The molecule has 0 aliphatic heterocycles. The van der Waals surface area contributed by atoms with Crippen LogP contribution < -0.4 is 0 Å². The summed E-state index contributed by atoms with van der Waals surface area (Å²) in [6, 6.07) is 9.12. The van der Waals surface area contributed by atoms with Crippen LogP contribution in [0.5, 0.6) is 0 Å². The zero-order valence-electron chi connectivity index (χ0n) is 11.7. The summed E-state index contributed by atoms with van der Waals surface area (Å²) in [4.78, 5) is 23.1. The van der Waals surface area contributed by atoms with Gasteiger partial charge < -0.3 is 4.74 Å². The molecule has 2 rings (SSSR count). The summed E-state index contributed by atoms with van der Waals surface area (Å²) in [7, 11) is 1.28. The van der Waals surface area contributed by atoms with Crippen LogP contribution >= 0.6 is 0 Å². The number of benzene rings is 2. The van der Waals surface area contributed by atoms with E-state index in [4.69, 9.17) is 0 Å². The lowest BCUT2D eigenvalue weighted by atomic mass is 10.1. The maximum Gasteiger partial charge on any atom is 0.337 e. The highest BCUT2D eigenvalue weighted by atomic mass is 19.1. The van der Waals surface area contributed by atoms with E-state index in [9.17, 15) is 18.4 Å². The summed E-state index contributed by atoms with van der Waals surface area (Å²) in [6.45, 7) is 0. The number of rotatable bonds is 4. The molecule has 0 heterocycles. The minimum absolute atomic E-state index is 0.205. The van der Waals surface area contributed by atoms with Crippen molar-refractivity contribution in [2.75, 3.05) is 7.11 Å². The quantitative estimate of drug-likeness (QED) is 0.492. The lowest BCUT2D eigenvalue weighted by Crippen LogP contribution is -2.00. The van der Waals surface area contributed by atoms with Crippen molar-refractivity contribution in [1.29, 1.82) is 0 Å². The van der Waals surface area contributed by atoms with E-state index in [-0.39, 0.29) is 5.56 Å². The van der Waals surface area contributed by atoms with Gasteiger partial charge in [0.15, 0.2) is 5.78 Å².